The fourth-order valence-electron chi connectivity index (χ4n) is 3.08. The summed E-state index contributed by atoms with van der Waals surface area (Å²) in [5.74, 6) is 0. The molecule has 88 valence electrons. The van der Waals surface area contributed by atoms with Crippen molar-refractivity contribution in [3.8, 4) is 0 Å². The van der Waals surface area contributed by atoms with Gasteiger partial charge in [-0.15, -0.1) is 0 Å². The molecule has 2 N–H and O–H groups in total. The van der Waals surface area contributed by atoms with Crippen molar-refractivity contribution >= 4 is 11.8 Å². The molecule has 2 aliphatic heterocycles. The van der Waals surface area contributed by atoms with E-state index in [0.717, 1.165) is 12.1 Å². The normalized spacial score (nSPS) is 37.2. The standard InChI is InChI=1S/C12H24N2S/c1-12(2,15-3)8-14-10-4-5-11(14)7-9(13)6-10/h9-11H,4-8,13H2,1-3H3. The summed E-state index contributed by atoms with van der Waals surface area (Å²) in [4.78, 5) is 2.74. The van der Waals surface area contributed by atoms with Gasteiger partial charge < -0.3 is 5.73 Å². The zero-order valence-electron chi connectivity index (χ0n) is 10.2. The van der Waals surface area contributed by atoms with E-state index in [-0.39, 0.29) is 0 Å². The van der Waals surface area contributed by atoms with Crippen molar-refractivity contribution in [3.63, 3.8) is 0 Å². The monoisotopic (exact) mass is 228 g/mol. The van der Waals surface area contributed by atoms with Crippen molar-refractivity contribution in [2.45, 2.75) is 62.4 Å². The van der Waals surface area contributed by atoms with Gasteiger partial charge in [0.15, 0.2) is 0 Å². The molecule has 2 fully saturated rings. The van der Waals surface area contributed by atoms with Gasteiger partial charge in [-0.25, -0.2) is 0 Å². The molecule has 15 heavy (non-hydrogen) atoms. The Kier molecular flexibility index (Phi) is 3.34. The summed E-state index contributed by atoms with van der Waals surface area (Å²) in [7, 11) is 0. The summed E-state index contributed by atoms with van der Waals surface area (Å²) in [6.45, 7) is 5.94. The predicted octanol–water partition coefficient (Wildman–Crippen LogP) is 2.08. The molecule has 0 aromatic carbocycles. The molecule has 0 amide bonds. The highest BCUT2D eigenvalue weighted by molar-refractivity contribution is 7.99. The Hall–Kier alpha value is 0.270. The number of hydrogen-bond acceptors (Lipinski definition) is 3. The second-order valence-corrected chi connectivity index (χ2v) is 7.27. The number of hydrogen-bond donors (Lipinski definition) is 1. The Bertz CT molecular complexity index is 216. The van der Waals surface area contributed by atoms with Crippen LogP contribution in [0.2, 0.25) is 0 Å². The average molecular weight is 228 g/mol. The van der Waals surface area contributed by atoms with E-state index in [0.29, 0.717) is 10.8 Å². The number of fused-ring (bicyclic) bond motifs is 2. The number of thioether (sulfide) groups is 1. The number of piperidine rings is 1. The summed E-state index contributed by atoms with van der Waals surface area (Å²) in [5.41, 5.74) is 6.08. The first kappa shape index (κ1) is 11.7. The molecule has 0 aliphatic carbocycles. The molecule has 2 nitrogen and oxygen atoms in total. The molecule has 0 aromatic heterocycles. The van der Waals surface area contributed by atoms with E-state index in [2.05, 4.69) is 25.0 Å². The van der Waals surface area contributed by atoms with E-state index in [1.54, 1.807) is 0 Å². The van der Waals surface area contributed by atoms with Crippen LogP contribution in [0.25, 0.3) is 0 Å². The van der Waals surface area contributed by atoms with Gasteiger partial charge in [-0.2, -0.15) is 11.8 Å². The van der Waals surface area contributed by atoms with E-state index in [1.165, 1.54) is 32.2 Å². The highest BCUT2D eigenvalue weighted by atomic mass is 32.2. The Morgan fingerprint density at radius 2 is 1.80 bits per heavy atom. The van der Waals surface area contributed by atoms with Crippen LogP contribution in [0.15, 0.2) is 0 Å². The number of nitrogens with two attached hydrogens (primary N) is 1. The minimum Gasteiger partial charge on any atom is -0.328 e. The van der Waals surface area contributed by atoms with Crippen LogP contribution in [-0.2, 0) is 0 Å². The Morgan fingerprint density at radius 1 is 1.27 bits per heavy atom. The van der Waals surface area contributed by atoms with E-state index in [9.17, 15) is 0 Å². The van der Waals surface area contributed by atoms with Gasteiger partial charge in [0.1, 0.15) is 0 Å². The van der Waals surface area contributed by atoms with Gasteiger partial charge in [0.25, 0.3) is 0 Å². The molecule has 3 heteroatoms. The molecule has 0 radical (unpaired) electrons. The van der Waals surface area contributed by atoms with E-state index in [1.807, 2.05) is 11.8 Å². The van der Waals surface area contributed by atoms with Crippen LogP contribution in [0.4, 0.5) is 0 Å². The van der Waals surface area contributed by atoms with Crippen molar-refractivity contribution in [2.75, 3.05) is 12.8 Å². The molecule has 0 aromatic rings. The molecule has 0 saturated carbocycles. The molecule has 2 aliphatic rings. The quantitative estimate of drug-likeness (QED) is 0.802. The third kappa shape index (κ3) is 2.51. The summed E-state index contributed by atoms with van der Waals surface area (Å²) in [6, 6.07) is 2.03. The van der Waals surface area contributed by atoms with Crippen LogP contribution < -0.4 is 5.73 Å². The molecule has 2 rings (SSSR count). The molecule has 2 unspecified atom stereocenters. The van der Waals surface area contributed by atoms with Gasteiger partial charge in [-0.3, -0.25) is 4.90 Å². The van der Waals surface area contributed by atoms with Crippen LogP contribution in [0, 0.1) is 0 Å². The van der Waals surface area contributed by atoms with Crippen molar-refractivity contribution in [3.05, 3.63) is 0 Å². The van der Waals surface area contributed by atoms with Crippen LogP contribution >= 0.6 is 11.8 Å². The van der Waals surface area contributed by atoms with Gasteiger partial charge in [0.2, 0.25) is 0 Å². The zero-order chi connectivity index (χ0) is 11.1. The summed E-state index contributed by atoms with van der Waals surface area (Å²) >= 11 is 1.98. The largest absolute Gasteiger partial charge is 0.328 e. The first-order chi connectivity index (χ1) is 7.02. The van der Waals surface area contributed by atoms with Crippen LogP contribution in [0.5, 0.6) is 0 Å². The fourth-order valence-corrected chi connectivity index (χ4v) is 3.36. The van der Waals surface area contributed by atoms with Gasteiger partial charge in [-0.1, -0.05) is 0 Å². The summed E-state index contributed by atoms with van der Waals surface area (Å²) in [6.07, 6.45) is 7.42. The Morgan fingerprint density at radius 3 is 2.27 bits per heavy atom. The second kappa shape index (κ2) is 4.27. The SMILES string of the molecule is CSC(C)(C)CN1C2CCC1CC(N)C2. The van der Waals surface area contributed by atoms with Crippen LogP contribution in [0.1, 0.15) is 39.5 Å². The molecule has 2 heterocycles. The van der Waals surface area contributed by atoms with Crippen molar-refractivity contribution < 1.29 is 0 Å². The first-order valence-corrected chi connectivity index (χ1v) is 7.31. The maximum atomic E-state index is 6.08. The molecule has 0 spiro atoms. The third-order valence-corrected chi connectivity index (χ3v) is 5.27. The lowest BCUT2D eigenvalue weighted by atomic mass is 9.97. The highest BCUT2D eigenvalue weighted by Gasteiger charge is 2.41. The van der Waals surface area contributed by atoms with Gasteiger partial charge in [0.05, 0.1) is 0 Å². The summed E-state index contributed by atoms with van der Waals surface area (Å²) < 4.78 is 0.391. The number of rotatable bonds is 3. The van der Waals surface area contributed by atoms with Crippen molar-refractivity contribution in [1.82, 2.24) is 4.90 Å². The van der Waals surface area contributed by atoms with E-state index < -0.39 is 0 Å². The smallest absolute Gasteiger partial charge is 0.0228 e. The molecule has 2 saturated heterocycles. The molecular weight excluding hydrogens is 204 g/mol. The van der Waals surface area contributed by atoms with Gasteiger partial charge >= 0.3 is 0 Å². The van der Waals surface area contributed by atoms with Crippen LogP contribution in [0.3, 0.4) is 0 Å². The molecule has 2 bridgehead atoms. The second-order valence-electron chi connectivity index (χ2n) is 5.75. The third-order valence-electron chi connectivity index (χ3n) is 4.04. The zero-order valence-corrected chi connectivity index (χ0v) is 11.0. The lowest BCUT2D eigenvalue weighted by Gasteiger charge is -2.41. The van der Waals surface area contributed by atoms with Crippen LogP contribution in [-0.4, -0.2) is 40.6 Å². The van der Waals surface area contributed by atoms with E-state index >= 15 is 0 Å². The molecular formula is C12H24N2S. The Labute approximate surface area is 98.0 Å². The molecule has 2 atom stereocenters. The maximum Gasteiger partial charge on any atom is 0.0228 e. The van der Waals surface area contributed by atoms with Gasteiger partial charge in [0, 0.05) is 29.4 Å². The lowest BCUT2D eigenvalue weighted by molar-refractivity contribution is 0.119. The van der Waals surface area contributed by atoms with Crippen molar-refractivity contribution in [1.29, 1.82) is 0 Å². The first-order valence-electron chi connectivity index (χ1n) is 6.08. The van der Waals surface area contributed by atoms with E-state index in [4.69, 9.17) is 5.73 Å². The predicted molar refractivity (Wildman–Crippen MR) is 68.3 cm³/mol. The topological polar surface area (TPSA) is 29.3 Å². The minimum atomic E-state index is 0.391. The highest BCUT2D eigenvalue weighted by Crippen LogP contribution is 2.37. The maximum absolute atomic E-state index is 6.08. The van der Waals surface area contributed by atoms with Crippen molar-refractivity contribution in [2.24, 2.45) is 5.73 Å². The Balaban J connectivity index is 1.99. The fraction of sp³-hybridized carbons (Fsp3) is 1.00. The summed E-state index contributed by atoms with van der Waals surface area (Å²) in [5, 5.41) is 0. The average Bonchev–Trinajstić information content (AvgIpc) is 2.42. The minimum absolute atomic E-state index is 0.391. The van der Waals surface area contributed by atoms with Gasteiger partial charge in [-0.05, 0) is 45.8 Å². The lowest BCUT2D eigenvalue weighted by Crippen LogP contribution is -2.51. The number of nitrogens with zero attached hydrogens (tertiary/aromatic N) is 1.